The summed E-state index contributed by atoms with van der Waals surface area (Å²) in [5.41, 5.74) is -0.242. The molecule has 0 bridgehead atoms. The smallest absolute Gasteiger partial charge is 0.132 e. The maximum absolute atomic E-state index is 5.63. The third-order valence-corrected chi connectivity index (χ3v) is 3.74. The Kier molecular flexibility index (Phi) is 5.76. The zero-order valence-electron chi connectivity index (χ0n) is 13.2. The van der Waals surface area contributed by atoms with Crippen LogP contribution in [-0.4, -0.2) is 49.0 Å². The Morgan fingerprint density at radius 1 is 1.29 bits per heavy atom. The lowest BCUT2D eigenvalue weighted by Crippen LogP contribution is -2.39. The highest BCUT2D eigenvalue weighted by Crippen LogP contribution is 2.23. The second kappa shape index (κ2) is 7.56. The SMILES string of the molecule is CCCNc1cc(NCC2(OC)CCOC2)nc(CC)n1. The highest BCUT2D eigenvalue weighted by molar-refractivity contribution is 5.47. The normalized spacial score (nSPS) is 21.5. The van der Waals surface area contributed by atoms with Crippen LogP contribution in [0, 0.1) is 0 Å². The molecule has 0 aromatic carbocycles. The number of ether oxygens (including phenoxy) is 2. The van der Waals surface area contributed by atoms with Crippen molar-refractivity contribution < 1.29 is 9.47 Å². The molecule has 1 fully saturated rings. The topological polar surface area (TPSA) is 68.3 Å². The Balaban J connectivity index is 2.04. The zero-order valence-corrected chi connectivity index (χ0v) is 13.2. The van der Waals surface area contributed by atoms with Gasteiger partial charge in [-0.15, -0.1) is 0 Å². The maximum atomic E-state index is 5.63. The first-order chi connectivity index (χ1) is 10.2. The van der Waals surface area contributed by atoms with Gasteiger partial charge in [0.2, 0.25) is 0 Å². The number of methoxy groups -OCH3 is 1. The lowest BCUT2D eigenvalue weighted by atomic mass is 10.0. The molecule has 1 atom stereocenters. The number of anilines is 2. The summed E-state index contributed by atoms with van der Waals surface area (Å²) in [7, 11) is 1.74. The van der Waals surface area contributed by atoms with Gasteiger partial charge in [-0.2, -0.15) is 0 Å². The Labute approximate surface area is 126 Å². The summed E-state index contributed by atoms with van der Waals surface area (Å²) in [6.45, 7) is 7.18. The van der Waals surface area contributed by atoms with Crippen molar-refractivity contribution in [3.8, 4) is 0 Å². The van der Waals surface area contributed by atoms with Gasteiger partial charge < -0.3 is 20.1 Å². The molecule has 1 unspecified atom stereocenters. The molecule has 0 spiro atoms. The van der Waals surface area contributed by atoms with Gasteiger partial charge in [0.25, 0.3) is 0 Å². The monoisotopic (exact) mass is 294 g/mol. The van der Waals surface area contributed by atoms with Crippen LogP contribution in [0.1, 0.15) is 32.5 Å². The van der Waals surface area contributed by atoms with Gasteiger partial charge in [-0.05, 0) is 6.42 Å². The lowest BCUT2D eigenvalue weighted by Gasteiger charge is -2.26. The van der Waals surface area contributed by atoms with Crippen molar-refractivity contribution in [2.75, 3.05) is 44.0 Å². The van der Waals surface area contributed by atoms with Crippen LogP contribution in [0.3, 0.4) is 0 Å². The molecule has 118 valence electrons. The number of aryl methyl sites for hydroxylation is 1. The maximum Gasteiger partial charge on any atom is 0.132 e. The third-order valence-electron chi connectivity index (χ3n) is 3.74. The van der Waals surface area contributed by atoms with Crippen molar-refractivity contribution in [3.63, 3.8) is 0 Å². The van der Waals surface area contributed by atoms with E-state index in [9.17, 15) is 0 Å². The molecule has 2 rings (SSSR count). The first-order valence-electron chi connectivity index (χ1n) is 7.70. The average molecular weight is 294 g/mol. The predicted molar refractivity (Wildman–Crippen MR) is 83.9 cm³/mol. The highest BCUT2D eigenvalue weighted by atomic mass is 16.5. The number of hydrogen-bond donors (Lipinski definition) is 2. The fraction of sp³-hybridized carbons (Fsp3) is 0.733. The van der Waals surface area contributed by atoms with E-state index in [1.807, 2.05) is 6.07 Å². The molecule has 1 aliphatic heterocycles. The van der Waals surface area contributed by atoms with Gasteiger partial charge in [0, 0.05) is 45.7 Å². The van der Waals surface area contributed by atoms with E-state index in [1.165, 1.54) is 0 Å². The molecule has 2 heterocycles. The molecule has 6 heteroatoms. The Morgan fingerprint density at radius 3 is 2.62 bits per heavy atom. The Morgan fingerprint density at radius 2 is 2.05 bits per heavy atom. The van der Waals surface area contributed by atoms with Crippen molar-refractivity contribution in [3.05, 3.63) is 11.9 Å². The zero-order chi connectivity index (χ0) is 15.1. The molecule has 1 saturated heterocycles. The molecule has 1 aromatic rings. The molecular weight excluding hydrogens is 268 g/mol. The van der Waals surface area contributed by atoms with Crippen molar-refractivity contribution in [1.82, 2.24) is 9.97 Å². The van der Waals surface area contributed by atoms with Crippen LogP contribution in [0.15, 0.2) is 6.07 Å². The van der Waals surface area contributed by atoms with Gasteiger partial charge in [-0.3, -0.25) is 0 Å². The number of rotatable bonds is 8. The van der Waals surface area contributed by atoms with Crippen LogP contribution in [-0.2, 0) is 15.9 Å². The summed E-state index contributed by atoms with van der Waals surface area (Å²) in [5.74, 6) is 2.55. The minimum atomic E-state index is -0.242. The van der Waals surface area contributed by atoms with Crippen LogP contribution in [0.5, 0.6) is 0 Å². The fourth-order valence-electron chi connectivity index (χ4n) is 2.30. The predicted octanol–water partition coefficient (Wildman–Crippen LogP) is 2.08. The van der Waals surface area contributed by atoms with Crippen molar-refractivity contribution >= 4 is 11.6 Å². The van der Waals surface area contributed by atoms with Crippen molar-refractivity contribution in [2.45, 2.75) is 38.7 Å². The number of hydrogen-bond acceptors (Lipinski definition) is 6. The standard InChI is InChI=1S/C15H26N4O2/c1-4-7-16-13-9-14(19-12(5-2)18-13)17-10-15(20-3)6-8-21-11-15/h9H,4-8,10-11H2,1-3H3,(H2,16,17,18,19). The number of nitrogens with zero attached hydrogens (tertiary/aromatic N) is 2. The molecule has 1 aliphatic rings. The number of nitrogens with one attached hydrogen (secondary N) is 2. The molecule has 21 heavy (non-hydrogen) atoms. The molecular formula is C15H26N4O2. The molecule has 0 aliphatic carbocycles. The van der Waals surface area contributed by atoms with Crippen LogP contribution >= 0.6 is 0 Å². The highest BCUT2D eigenvalue weighted by Gasteiger charge is 2.34. The van der Waals surface area contributed by atoms with E-state index >= 15 is 0 Å². The lowest BCUT2D eigenvalue weighted by molar-refractivity contribution is -0.00625. The molecule has 0 saturated carbocycles. The fourth-order valence-corrected chi connectivity index (χ4v) is 2.30. The van der Waals surface area contributed by atoms with E-state index in [2.05, 4.69) is 34.4 Å². The van der Waals surface area contributed by atoms with E-state index < -0.39 is 0 Å². The van der Waals surface area contributed by atoms with Crippen LogP contribution in [0.2, 0.25) is 0 Å². The summed E-state index contributed by atoms with van der Waals surface area (Å²) >= 11 is 0. The van der Waals surface area contributed by atoms with Gasteiger partial charge in [-0.1, -0.05) is 13.8 Å². The summed E-state index contributed by atoms with van der Waals surface area (Å²) < 4.78 is 11.1. The largest absolute Gasteiger partial charge is 0.378 e. The molecule has 2 N–H and O–H groups in total. The van der Waals surface area contributed by atoms with Crippen LogP contribution in [0.25, 0.3) is 0 Å². The minimum absolute atomic E-state index is 0.242. The summed E-state index contributed by atoms with van der Waals surface area (Å²) in [5, 5.41) is 6.69. The summed E-state index contributed by atoms with van der Waals surface area (Å²) in [6, 6.07) is 1.95. The van der Waals surface area contributed by atoms with Gasteiger partial charge in [0.15, 0.2) is 0 Å². The number of aromatic nitrogens is 2. The second-order valence-electron chi connectivity index (χ2n) is 5.38. The van der Waals surface area contributed by atoms with Gasteiger partial charge in [0.1, 0.15) is 23.1 Å². The van der Waals surface area contributed by atoms with Gasteiger partial charge in [-0.25, -0.2) is 9.97 Å². The molecule has 1 aromatic heterocycles. The van der Waals surface area contributed by atoms with Gasteiger partial charge >= 0.3 is 0 Å². The van der Waals surface area contributed by atoms with E-state index in [1.54, 1.807) is 7.11 Å². The second-order valence-corrected chi connectivity index (χ2v) is 5.38. The first kappa shape index (κ1) is 16.0. The van der Waals surface area contributed by atoms with Crippen molar-refractivity contribution in [1.29, 1.82) is 0 Å². The van der Waals surface area contributed by atoms with Crippen molar-refractivity contribution in [2.24, 2.45) is 0 Å². The first-order valence-corrected chi connectivity index (χ1v) is 7.70. The van der Waals surface area contributed by atoms with Crippen LogP contribution in [0.4, 0.5) is 11.6 Å². The van der Waals surface area contributed by atoms with Crippen LogP contribution < -0.4 is 10.6 Å². The third kappa shape index (κ3) is 4.28. The van der Waals surface area contributed by atoms with Gasteiger partial charge in [0.05, 0.1) is 6.61 Å². The Hall–Kier alpha value is -1.40. The van der Waals surface area contributed by atoms with E-state index in [0.717, 1.165) is 49.9 Å². The molecule has 6 nitrogen and oxygen atoms in total. The van der Waals surface area contributed by atoms with E-state index in [4.69, 9.17) is 9.47 Å². The van der Waals surface area contributed by atoms with E-state index in [0.29, 0.717) is 13.2 Å². The minimum Gasteiger partial charge on any atom is -0.378 e. The Bertz CT molecular complexity index is 447. The quantitative estimate of drug-likeness (QED) is 0.765. The van der Waals surface area contributed by atoms with E-state index in [-0.39, 0.29) is 5.60 Å². The summed E-state index contributed by atoms with van der Waals surface area (Å²) in [6.07, 6.45) is 2.79. The molecule has 0 radical (unpaired) electrons. The molecule has 0 amide bonds. The summed E-state index contributed by atoms with van der Waals surface area (Å²) in [4.78, 5) is 9.02. The average Bonchev–Trinajstić information content (AvgIpc) is 3.00.